The summed E-state index contributed by atoms with van der Waals surface area (Å²) in [5.74, 6) is -0.0213. The van der Waals surface area contributed by atoms with Gasteiger partial charge in [0, 0.05) is 5.75 Å². The first-order valence-electron chi connectivity index (χ1n) is 7.40. The molecule has 25 heavy (non-hydrogen) atoms. The fraction of sp³-hybridized carbons (Fsp3) is 0.312. The number of carboxylic acids is 1. The van der Waals surface area contributed by atoms with E-state index in [0.29, 0.717) is 5.75 Å². The van der Waals surface area contributed by atoms with E-state index in [9.17, 15) is 24.3 Å². The number of fused-ring (bicyclic) bond motifs is 1. The van der Waals surface area contributed by atoms with Gasteiger partial charge < -0.3 is 20.1 Å². The van der Waals surface area contributed by atoms with Gasteiger partial charge in [-0.25, -0.2) is 9.59 Å². The first kappa shape index (κ1) is 17.1. The quantitative estimate of drug-likeness (QED) is 0.545. The lowest BCUT2D eigenvalue weighted by atomic mass is 9.98. The molecule has 1 aromatic rings. The van der Waals surface area contributed by atoms with E-state index in [0.717, 1.165) is 4.90 Å². The largest absolute Gasteiger partial charge is 0.484 e. The third-order valence-electron chi connectivity index (χ3n) is 3.89. The first-order chi connectivity index (χ1) is 12.0. The van der Waals surface area contributed by atoms with Crippen LogP contribution in [0.2, 0.25) is 0 Å². The van der Waals surface area contributed by atoms with Crippen molar-refractivity contribution in [2.75, 3.05) is 12.4 Å². The summed E-state index contributed by atoms with van der Waals surface area (Å²) in [5, 5.41) is 11.3. The van der Waals surface area contributed by atoms with Gasteiger partial charge in [-0.15, -0.1) is 11.8 Å². The maximum absolute atomic E-state index is 12.2. The van der Waals surface area contributed by atoms with Crippen LogP contribution in [0, 0.1) is 0 Å². The molecule has 130 valence electrons. The Bertz CT molecular complexity index is 761. The SMILES string of the molecule is O=C=C1CS[C@@H]2C(NC(=O)COc3ccccc3)C(=O)N2C1C(=O)O. The van der Waals surface area contributed by atoms with Crippen LogP contribution < -0.4 is 10.1 Å². The standard InChI is InChI=1S/C16H14N2O6S/c19-6-9-8-25-15-12(14(21)18(15)13(9)16(22)23)17-11(20)7-24-10-4-2-1-3-5-10/h1-5,12-13,15H,7-8H2,(H,17,20)(H,22,23)/t12?,13?,15-/m1/s1. The molecule has 2 fully saturated rings. The summed E-state index contributed by atoms with van der Waals surface area (Å²) in [4.78, 5) is 47.5. The van der Waals surface area contributed by atoms with Gasteiger partial charge in [-0.2, -0.15) is 0 Å². The van der Waals surface area contributed by atoms with E-state index in [2.05, 4.69) is 5.32 Å². The van der Waals surface area contributed by atoms with Crippen LogP contribution in [-0.2, 0) is 19.2 Å². The predicted octanol–water partition coefficient (Wildman–Crippen LogP) is -0.323. The Morgan fingerprint density at radius 3 is 2.72 bits per heavy atom. The van der Waals surface area contributed by atoms with Crippen LogP contribution in [0.1, 0.15) is 0 Å². The van der Waals surface area contributed by atoms with Crippen molar-refractivity contribution in [3.8, 4) is 5.75 Å². The van der Waals surface area contributed by atoms with Crippen LogP contribution in [0.25, 0.3) is 0 Å². The van der Waals surface area contributed by atoms with E-state index in [1.807, 2.05) is 6.07 Å². The van der Waals surface area contributed by atoms with Crippen LogP contribution in [0.4, 0.5) is 0 Å². The molecular weight excluding hydrogens is 348 g/mol. The maximum Gasteiger partial charge on any atom is 0.331 e. The minimum absolute atomic E-state index is 0.0132. The molecule has 0 radical (unpaired) electrons. The lowest BCUT2D eigenvalue weighted by Gasteiger charge is -2.51. The molecule has 2 saturated heterocycles. The molecule has 2 aliphatic rings. The lowest BCUT2D eigenvalue weighted by Crippen LogP contribution is -2.74. The van der Waals surface area contributed by atoms with Gasteiger partial charge in [-0.3, -0.25) is 9.59 Å². The first-order valence-corrected chi connectivity index (χ1v) is 8.45. The summed E-state index contributed by atoms with van der Waals surface area (Å²) < 4.78 is 5.31. The van der Waals surface area contributed by atoms with Crippen LogP contribution in [0.3, 0.4) is 0 Å². The highest BCUT2D eigenvalue weighted by molar-refractivity contribution is 8.00. The summed E-state index contributed by atoms with van der Waals surface area (Å²) >= 11 is 1.22. The van der Waals surface area contributed by atoms with Crippen molar-refractivity contribution in [2.24, 2.45) is 0 Å². The van der Waals surface area contributed by atoms with Gasteiger partial charge >= 0.3 is 5.97 Å². The molecule has 3 rings (SSSR count). The van der Waals surface area contributed by atoms with Crippen LogP contribution in [0.5, 0.6) is 5.75 Å². The number of amides is 2. The molecule has 0 saturated carbocycles. The van der Waals surface area contributed by atoms with Gasteiger partial charge in [0.1, 0.15) is 23.1 Å². The number of carboxylic acid groups (broad SMARTS) is 1. The van der Waals surface area contributed by atoms with Gasteiger partial charge in [0.25, 0.3) is 5.91 Å². The number of thioether (sulfide) groups is 1. The molecule has 0 aliphatic carbocycles. The number of hydrogen-bond donors (Lipinski definition) is 2. The molecule has 2 N–H and O–H groups in total. The highest BCUT2D eigenvalue weighted by atomic mass is 32.2. The van der Waals surface area contributed by atoms with Crippen molar-refractivity contribution < 1.29 is 29.0 Å². The molecule has 2 unspecified atom stereocenters. The van der Waals surface area contributed by atoms with Crippen molar-refractivity contribution in [3.05, 3.63) is 35.9 Å². The zero-order valence-electron chi connectivity index (χ0n) is 12.9. The molecular formula is C16H14N2O6S. The Kier molecular flexibility index (Phi) is 4.78. The summed E-state index contributed by atoms with van der Waals surface area (Å²) in [6.45, 7) is -0.257. The van der Waals surface area contributed by atoms with Crippen LogP contribution in [-0.4, -0.2) is 63.5 Å². The van der Waals surface area contributed by atoms with Crippen LogP contribution >= 0.6 is 11.8 Å². The normalized spacial score (nSPS) is 24.6. The van der Waals surface area contributed by atoms with Gasteiger partial charge in [-0.05, 0) is 12.1 Å². The van der Waals surface area contributed by atoms with Gasteiger partial charge in [-0.1, -0.05) is 18.2 Å². The number of benzene rings is 1. The Hall–Kier alpha value is -2.77. The predicted molar refractivity (Wildman–Crippen MR) is 87.6 cm³/mol. The molecule has 2 heterocycles. The molecule has 0 aromatic heterocycles. The number of nitrogens with zero attached hydrogens (tertiary/aromatic N) is 1. The van der Waals surface area contributed by atoms with Gasteiger partial charge in [0.05, 0.1) is 5.57 Å². The second-order valence-corrected chi connectivity index (χ2v) is 6.57. The van der Waals surface area contributed by atoms with Crippen molar-refractivity contribution in [1.29, 1.82) is 0 Å². The summed E-state index contributed by atoms with van der Waals surface area (Å²) in [6, 6.07) is 6.61. The van der Waals surface area contributed by atoms with Gasteiger partial charge in [0.2, 0.25) is 5.91 Å². The fourth-order valence-electron chi connectivity index (χ4n) is 2.73. The third kappa shape index (κ3) is 3.24. The molecule has 2 aliphatic heterocycles. The van der Waals surface area contributed by atoms with Gasteiger partial charge in [0.15, 0.2) is 12.6 Å². The summed E-state index contributed by atoms with van der Waals surface area (Å²) in [5.41, 5.74) is 0.0132. The highest BCUT2D eigenvalue weighted by Gasteiger charge is 2.56. The molecule has 2 amide bonds. The number of hydrogen-bond acceptors (Lipinski definition) is 6. The van der Waals surface area contributed by atoms with Crippen molar-refractivity contribution in [3.63, 3.8) is 0 Å². The number of nitrogens with one attached hydrogen (secondary N) is 1. The molecule has 9 heteroatoms. The smallest absolute Gasteiger partial charge is 0.331 e. The molecule has 0 bridgehead atoms. The monoisotopic (exact) mass is 362 g/mol. The molecule has 8 nitrogen and oxygen atoms in total. The maximum atomic E-state index is 12.2. The Morgan fingerprint density at radius 1 is 1.36 bits per heavy atom. The summed E-state index contributed by atoms with van der Waals surface area (Å²) in [6.07, 6.45) is 0. The zero-order chi connectivity index (χ0) is 18.0. The van der Waals surface area contributed by atoms with E-state index < -0.39 is 35.2 Å². The van der Waals surface area contributed by atoms with E-state index in [-0.39, 0.29) is 17.9 Å². The number of rotatable bonds is 5. The number of aliphatic carboxylic acids is 1. The number of para-hydroxylation sites is 1. The van der Waals surface area contributed by atoms with Crippen molar-refractivity contribution >= 4 is 35.5 Å². The minimum atomic E-state index is -1.31. The Balaban J connectivity index is 1.60. The number of carbonyl (C=O) groups excluding carboxylic acids is 3. The average molecular weight is 362 g/mol. The van der Waals surface area contributed by atoms with E-state index in [1.54, 1.807) is 30.2 Å². The number of carbonyl (C=O) groups is 3. The second-order valence-electron chi connectivity index (χ2n) is 5.46. The number of ether oxygens (including phenoxy) is 1. The van der Waals surface area contributed by atoms with E-state index in [4.69, 9.17) is 4.74 Å². The summed E-state index contributed by atoms with van der Waals surface area (Å²) in [7, 11) is 0. The molecule has 0 spiro atoms. The third-order valence-corrected chi connectivity index (χ3v) is 5.21. The van der Waals surface area contributed by atoms with Crippen LogP contribution in [0.15, 0.2) is 35.9 Å². The number of β-lactam (4-membered cyclic amide) rings is 1. The lowest BCUT2D eigenvalue weighted by molar-refractivity contribution is -0.160. The molecule has 3 atom stereocenters. The van der Waals surface area contributed by atoms with Crippen molar-refractivity contribution in [2.45, 2.75) is 17.5 Å². The Morgan fingerprint density at radius 2 is 2.08 bits per heavy atom. The molecule has 1 aromatic carbocycles. The zero-order valence-corrected chi connectivity index (χ0v) is 13.7. The Labute approximate surface area is 146 Å². The fourth-order valence-corrected chi connectivity index (χ4v) is 4.06. The van der Waals surface area contributed by atoms with Crippen molar-refractivity contribution in [1.82, 2.24) is 10.2 Å². The van der Waals surface area contributed by atoms with E-state index in [1.165, 1.54) is 11.8 Å². The minimum Gasteiger partial charge on any atom is -0.484 e. The topological polar surface area (TPSA) is 113 Å². The second kappa shape index (κ2) is 7.00. The highest BCUT2D eigenvalue weighted by Crippen LogP contribution is 2.39. The average Bonchev–Trinajstić information content (AvgIpc) is 2.63. The van der Waals surface area contributed by atoms with E-state index >= 15 is 0 Å².